The minimum Gasteiger partial charge on any atom is -0.469 e. The topological polar surface area (TPSA) is 66.9 Å². The summed E-state index contributed by atoms with van der Waals surface area (Å²) in [6, 6.07) is 0.0843. The van der Waals surface area contributed by atoms with E-state index in [0.717, 1.165) is 25.7 Å². The average Bonchev–Trinajstić information content (AvgIpc) is 2.61. The maximum atomic E-state index is 13.3. The van der Waals surface area contributed by atoms with Gasteiger partial charge in [0.25, 0.3) is 0 Å². The Morgan fingerprint density at radius 1 is 1.21 bits per heavy atom. The zero-order valence-corrected chi connectivity index (χ0v) is 15.6. The zero-order valence-electron chi connectivity index (χ0n) is 14.8. The molecule has 0 spiro atoms. The van der Waals surface area contributed by atoms with Gasteiger partial charge in [-0.1, -0.05) is 19.3 Å². The van der Waals surface area contributed by atoms with Crippen molar-refractivity contribution in [2.45, 2.75) is 56.5 Å². The second-order valence-electron chi connectivity index (χ2n) is 7.31. The van der Waals surface area contributed by atoms with Crippen molar-refractivity contribution in [3.63, 3.8) is 0 Å². The van der Waals surface area contributed by atoms with Gasteiger partial charge in [0.1, 0.15) is 11.3 Å². The van der Waals surface area contributed by atoms with Crippen molar-refractivity contribution in [2.24, 2.45) is 11.3 Å². The van der Waals surface area contributed by atoms with Crippen LogP contribution in [0.3, 0.4) is 0 Å². The molecular formula is C17H26N2O4S. The van der Waals surface area contributed by atoms with Crippen molar-refractivity contribution in [1.82, 2.24) is 9.80 Å². The molecule has 3 atom stereocenters. The predicted molar refractivity (Wildman–Crippen MR) is 91.0 cm³/mol. The van der Waals surface area contributed by atoms with E-state index in [1.165, 1.54) is 25.3 Å². The van der Waals surface area contributed by atoms with Crippen molar-refractivity contribution in [3.8, 4) is 0 Å². The Kier molecular flexibility index (Phi) is 4.35. The maximum absolute atomic E-state index is 13.3. The van der Waals surface area contributed by atoms with Crippen LogP contribution in [0.25, 0.3) is 0 Å². The summed E-state index contributed by atoms with van der Waals surface area (Å²) in [5.41, 5.74) is -1.16. The van der Waals surface area contributed by atoms with Gasteiger partial charge in [-0.15, -0.1) is 11.8 Å². The zero-order chi connectivity index (χ0) is 17.7. The predicted octanol–water partition coefficient (Wildman–Crippen LogP) is 1.84. The van der Waals surface area contributed by atoms with E-state index in [1.807, 2.05) is 11.2 Å². The molecule has 3 aliphatic heterocycles. The highest BCUT2D eigenvalue weighted by molar-refractivity contribution is 8.00. The number of amides is 2. The Bertz CT molecular complexity index is 577. The smallest absolute Gasteiger partial charge is 0.314 e. The number of rotatable bonds is 3. The van der Waals surface area contributed by atoms with Gasteiger partial charge in [0, 0.05) is 13.1 Å². The number of hydrogen-bond acceptors (Lipinski definition) is 5. The Labute approximate surface area is 147 Å². The highest BCUT2D eigenvalue weighted by Crippen LogP contribution is 2.57. The van der Waals surface area contributed by atoms with Gasteiger partial charge in [-0.2, -0.15) is 0 Å². The molecule has 7 heteroatoms. The Balaban J connectivity index is 2.14. The van der Waals surface area contributed by atoms with Crippen LogP contribution in [0.1, 0.15) is 45.4 Å². The Hall–Kier alpha value is -1.24. The first-order chi connectivity index (χ1) is 11.3. The second kappa shape index (κ2) is 5.93. The molecule has 1 aliphatic carbocycles. The van der Waals surface area contributed by atoms with E-state index in [4.69, 9.17) is 4.74 Å². The van der Waals surface area contributed by atoms with Crippen LogP contribution >= 0.6 is 11.8 Å². The monoisotopic (exact) mass is 354 g/mol. The molecule has 0 aromatic rings. The third kappa shape index (κ3) is 2.06. The van der Waals surface area contributed by atoms with Gasteiger partial charge in [-0.25, -0.2) is 0 Å². The van der Waals surface area contributed by atoms with Gasteiger partial charge in [0.2, 0.25) is 11.8 Å². The lowest BCUT2D eigenvalue weighted by atomic mass is 9.68. The normalized spacial score (nSPS) is 37.1. The summed E-state index contributed by atoms with van der Waals surface area (Å²) in [5.74, 6) is -1.17. The first kappa shape index (κ1) is 17.6. The summed E-state index contributed by atoms with van der Waals surface area (Å²) in [5, 5.41) is 0. The molecule has 1 saturated carbocycles. The van der Waals surface area contributed by atoms with Gasteiger partial charge in [0.15, 0.2) is 4.99 Å². The van der Waals surface area contributed by atoms with E-state index in [2.05, 4.69) is 0 Å². The van der Waals surface area contributed by atoms with Crippen molar-refractivity contribution in [2.75, 3.05) is 20.4 Å². The van der Waals surface area contributed by atoms with Gasteiger partial charge < -0.3 is 14.5 Å². The van der Waals surface area contributed by atoms with Crippen LogP contribution in [-0.2, 0) is 19.1 Å². The molecule has 0 N–H and O–H groups in total. The van der Waals surface area contributed by atoms with E-state index >= 15 is 0 Å². The third-order valence-electron chi connectivity index (χ3n) is 6.09. The first-order valence-electron chi connectivity index (χ1n) is 8.59. The molecule has 4 fully saturated rings. The molecule has 0 aromatic carbocycles. The number of thioether (sulfide) groups is 1. The maximum Gasteiger partial charge on any atom is 0.314 e. The summed E-state index contributed by atoms with van der Waals surface area (Å²) in [6.45, 7) is 1.68. The number of esters is 1. The molecule has 2 amide bonds. The molecule has 2 bridgehead atoms. The molecular weight excluding hydrogens is 328 g/mol. The molecule has 134 valence electrons. The van der Waals surface area contributed by atoms with Crippen LogP contribution < -0.4 is 0 Å². The van der Waals surface area contributed by atoms with E-state index in [-0.39, 0.29) is 30.2 Å². The van der Waals surface area contributed by atoms with Gasteiger partial charge in [-0.3, -0.25) is 14.4 Å². The van der Waals surface area contributed by atoms with Crippen LogP contribution in [0, 0.1) is 11.3 Å². The molecule has 0 radical (unpaired) electrons. The molecule has 4 rings (SSSR count). The lowest BCUT2D eigenvalue weighted by Gasteiger charge is -2.65. The third-order valence-corrected chi connectivity index (χ3v) is 7.44. The highest BCUT2D eigenvalue weighted by atomic mass is 32.2. The van der Waals surface area contributed by atoms with E-state index in [0.29, 0.717) is 0 Å². The molecule has 24 heavy (non-hydrogen) atoms. The number of hydrogen-bond donors (Lipinski definition) is 0. The standard InChI is InChI=1S/C17H26N2O4S/c1-16-10-12(13(20)23-3)17(24-4,18(2)14(16)21)19(15(16)22)11-8-6-5-7-9-11/h11-12H,5-10H2,1-4H3/t12-,16+,17+/m0/s1. The number of nitrogens with zero attached hydrogens (tertiary/aromatic N) is 2. The number of ether oxygens (including phenoxy) is 1. The molecule has 4 aliphatic rings. The number of methoxy groups -OCH3 is 1. The summed E-state index contributed by atoms with van der Waals surface area (Å²) >= 11 is 1.41. The summed E-state index contributed by atoms with van der Waals surface area (Å²) in [4.78, 5) is 41.2. The molecule has 6 nitrogen and oxygen atoms in total. The minimum absolute atomic E-state index is 0.0843. The van der Waals surface area contributed by atoms with Crippen molar-refractivity contribution >= 4 is 29.5 Å². The lowest BCUT2D eigenvalue weighted by Crippen LogP contribution is -2.81. The van der Waals surface area contributed by atoms with E-state index in [9.17, 15) is 14.4 Å². The fourth-order valence-corrected chi connectivity index (χ4v) is 6.07. The van der Waals surface area contributed by atoms with Crippen LogP contribution in [0.4, 0.5) is 0 Å². The summed E-state index contributed by atoms with van der Waals surface area (Å²) in [6.07, 6.45) is 7.30. The molecule has 0 unspecified atom stereocenters. The number of carbonyl (C=O) groups excluding carboxylic acids is 3. The Morgan fingerprint density at radius 2 is 1.83 bits per heavy atom. The van der Waals surface area contributed by atoms with Crippen molar-refractivity contribution in [1.29, 1.82) is 0 Å². The minimum atomic E-state index is -1.16. The Morgan fingerprint density at radius 3 is 2.38 bits per heavy atom. The van der Waals surface area contributed by atoms with Gasteiger partial charge in [-0.05, 0) is 32.4 Å². The largest absolute Gasteiger partial charge is 0.469 e. The molecule has 3 saturated heterocycles. The van der Waals surface area contributed by atoms with Gasteiger partial charge >= 0.3 is 5.97 Å². The van der Waals surface area contributed by atoms with Crippen LogP contribution in [0.5, 0.6) is 0 Å². The van der Waals surface area contributed by atoms with Gasteiger partial charge in [0.05, 0.1) is 7.11 Å². The highest BCUT2D eigenvalue weighted by Gasteiger charge is 2.71. The summed E-state index contributed by atoms with van der Waals surface area (Å²) in [7, 11) is 3.09. The SMILES string of the molecule is COC(=O)[C@@H]1C[C@]2(C)C(=O)N(C)[C@@]1(SC)N(C1CCCCC1)C2=O. The van der Waals surface area contributed by atoms with E-state index < -0.39 is 16.3 Å². The number of fused-ring (bicyclic) bond motifs is 3. The van der Waals surface area contributed by atoms with Crippen LogP contribution in [-0.4, -0.2) is 59.0 Å². The fourth-order valence-electron chi connectivity index (χ4n) is 4.82. The first-order valence-corrected chi connectivity index (χ1v) is 9.82. The van der Waals surface area contributed by atoms with Crippen molar-refractivity contribution in [3.05, 3.63) is 0 Å². The number of carbonyl (C=O) groups is 3. The van der Waals surface area contributed by atoms with Crippen LogP contribution in [0.15, 0.2) is 0 Å². The van der Waals surface area contributed by atoms with Crippen LogP contribution in [0.2, 0.25) is 0 Å². The summed E-state index contributed by atoms with van der Waals surface area (Å²) < 4.78 is 5.04. The molecule has 0 aromatic heterocycles. The second-order valence-corrected chi connectivity index (χ2v) is 8.31. The van der Waals surface area contributed by atoms with E-state index in [1.54, 1.807) is 18.9 Å². The number of piperidine rings is 2. The van der Waals surface area contributed by atoms with Crippen molar-refractivity contribution < 1.29 is 19.1 Å². The average molecular weight is 354 g/mol. The molecule has 3 heterocycles. The quantitative estimate of drug-likeness (QED) is 0.571. The lowest BCUT2D eigenvalue weighted by molar-refractivity contribution is -0.207. The fraction of sp³-hybridized carbons (Fsp3) is 0.824.